The average molecular weight is 318 g/mol. The first-order valence-electron chi connectivity index (χ1n) is 7.29. The minimum absolute atomic E-state index is 0.141. The molecule has 0 aliphatic rings. The van der Waals surface area contributed by atoms with Crippen LogP contribution in [-0.4, -0.2) is 16.9 Å². The fraction of sp³-hybridized carbons (Fsp3) is 0.294. The molecule has 1 aromatic heterocycles. The molecule has 2 rings (SSSR count). The molecule has 0 saturated carbocycles. The summed E-state index contributed by atoms with van der Waals surface area (Å²) in [6, 6.07) is 9.43. The van der Waals surface area contributed by atoms with Crippen LogP contribution < -0.4 is 10.6 Å². The number of nitrogens with zero attached hydrogens (tertiary/aromatic N) is 1. The summed E-state index contributed by atoms with van der Waals surface area (Å²) < 4.78 is 0. The van der Waals surface area contributed by atoms with Crippen LogP contribution in [-0.2, 0) is 0 Å². The van der Waals surface area contributed by atoms with Crippen LogP contribution in [0.25, 0.3) is 0 Å². The fourth-order valence-corrected chi connectivity index (χ4v) is 2.02. The highest BCUT2D eigenvalue weighted by Crippen LogP contribution is 2.22. The molecule has 116 valence electrons. The van der Waals surface area contributed by atoms with Gasteiger partial charge in [-0.25, -0.2) is 4.98 Å². The van der Waals surface area contributed by atoms with Gasteiger partial charge in [0.2, 0.25) is 0 Å². The van der Waals surface area contributed by atoms with Crippen molar-refractivity contribution in [2.45, 2.75) is 33.2 Å². The summed E-state index contributed by atoms with van der Waals surface area (Å²) in [6.07, 6.45) is 2.53. The van der Waals surface area contributed by atoms with E-state index in [1.807, 2.05) is 45.0 Å². The quantitative estimate of drug-likeness (QED) is 0.863. The van der Waals surface area contributed by atoms with Gasteiger partial charge in [-0.3, -0.25) is 4.79 Å². The molecule has 2 N–H and O–H groups in total. The number of anilines is 2. The van der Waals surface area contributed by atoms with Crippen molar-refractivity contribution in [3.05, 3.63) is 52.8 Å². The highest BCUT2D eigenvalue weighted by atomic mass is 35.5. The van der Waals surface area contributed by atoms with Crippen molar-refractivity contribution in [3.8, 4) is 0 Å². The van der Waals surface area contributed by atoms with Crippen molar-refractivity contribution in [3.63, 3.8) is 0 Å². The Morgan fingerprint density at radius 2 is 2.00 bits per heavy atom. The van der Waals surface area contributed by atoms with E-state index in [2.05, 4.69) is 15.6 Å². The van der Waals surface area contributed by atoms with Gasteiger partial charge in [-0.15, -0.1) is 0 Å². The molecule has 2 aromatic rings. The van der Waals surface area contributed by atoms with Gasteiger partial charge >= 0.3 is 0 Å². The summed E-state index contributed by atoms with van der Waals surface area (Å²) in [6.45, 7) is 5.95. The van der Waals surface area contributed by atoms with E-state index in [4.69, 9.17) is 11.6 Å². The standard InChI is InChI=1S/C17H20ClN3O/c1-4-12(3)20-17(22)16-8-7-14(10-19-16)21-13-6-5-11(2)15(18)9-13/h5-10,12,21H,4H2,1-3H3,(H,20,22). The van der Waals surface area contributed by atoms with Crippen molar-refractivity contribution in [1.82, 2.24) is 10.3 Å². The van der Waals surface area contributed by atoms with Crippen LogP contribution in [0.2, 0.25) is 5.02 Å². The zero-order valence-electron chi connectivity index (χ0n) is 13.0. The first-order valence-corrected chi connectivity index (χ1v) is 7.67. The lowest BCUT2D eigenvalue weighted by atomic mass is 10.2. The number of hydrogen-bond acceptors (Lipinski definition) is 3. The maximum absolute atomic E-state index is 12.0. The number of nitrogens with one attached hydrogen (secondary N) is 2. The van der Waals surface area contributed by atoms with Gasteiger partial charge < -0.3 is 10.6 Å². The van der Waals surface area contributed by atoms with Crippen LogP contribution in [0, 0.1) is 6.92 Å². The number of carbonyl (C=O) groups excluding carboxylic acids is 1. The topological polar surface area (TPSA) is 54.0 Å². The first kappa shape index (κ1) is 16.3. The third kappa shape index (κ3) is 4.21. The normalized spacial score (nSPS) is 11.8. The van der Waals surface area contributed by atoms with Gasteiger partial charge in [0.15, 0.2) is 0 Å². The van der Waals surface area contributed by atoms with Crippen LogP contribution in [0.4, 0.5) is 11.4 Å². The number of carbonyl (C=O) groups is 1. The van der Waals surface area contributed by atoms with Gasteiger partial charge in [0.25, 0.3) is 5.91 Å². The molecule has 1 atom stereocenters. The Morgan fingerprint density at radius 3 is 2.59 bits per heavy atom. The number of rotatable bonds is 5. The Bertz CT molecular complexity index is 655. The van der Waals surface area contributed by atoms with Crippen molar-refractivity contribution in [2.24, 2.45) is 0 Å². The van der Waals surface area contributed by atoms with E-state index in [1.54, 1.807) is 12.3 Å². The Hall–Kier alpha value is -2.07. The maximum atomic E-state index is 12.0. The van der Waals surface area contributed by atoms with E-state index < -0.39 is 0 Å². The molecule has 0 aliphatic carbocycles. The number of aryl methyl sites for hydroxylation is 1. The van der Waals surface area contributed by atoms with Crippen LogP contribution in [0.1, 0.15) is 36.3 Å². The molecule has 0 spiro atoms. The molecule has 1 amide bonds. The predicted octanol–water partition coefficient (Wildman–Crippen LogP) is 4.32. The van der Waals surface area contributed by atoms with Gasteiger partial charge in [0.05, 0.1) is 11.9 Å². The maximum Gasteiger partial charge on any atom is 0.270 e. The van der Waals surface area contributed by atoms with E-state index in [-0.39, 0.29) is 11.9 Å². The lowest BCUT2D eigenvalue weighted by Crippen LogP contribution is -2.32. The summed E-state index contributed by atoms with van der Waals surface area (Å²) in [5, 5.41) is 6.81. The van der Waals surface area contributed by atoms with E-state index in [0.29, 0.717) is 10.7 Å². The SMILES string of the molecule is CCC(C)NC(=O)c1ccc(Nc2ccc(C)c(Cl)c2)cn1. The number of benzene rings is 1. The minimum Gasteiger partial charge on any atom is -0.354 e. The van der Waals surface area contributed by atoms with Gasteiger partial charge in [0.1, 0.15) is 5.69 Å². The molecule has 0 aliphatic heterocycles. The molecule has 1 aromatic carbocycles. The molecular formula is C17H20ClN3O. The highest BCUT2D eigenvalue weighted by molar-refractivity contribution is 6.31. The monoisotopic (exact) mass is 317 g/mol. The summed E-state index contributed by atoms with van der Waals surface area (Å²) >= 11 is 6.10. The minimum atomic E-state index is -0.153. The van der Waals surface area contributed by atoms with Crippen LogP contribution in [0.5, 0.6) is 0 Å². The second-order valence-electron chi connectivity index (χ2n) is 5.30. The van der Waals surface area contributed by atoms with Crippen LogP contribution in [0.3, 0.4) is 0 Å². The third-order valence-corrected chi connectivity index (χ3v) is 3.85. The molecule has 0 saturated heterocycles. The van der Waals surface area contributed by atoms with E-state index in [1.165, 1.54) is 0 Å². The summed E-state index contributed by atoms with van der Waals surface area (Å²) in [7, 11) is 0. The molecule has 1 unspecified atom stereocenters. The number of amides is 1. The van der Waals surface area contributed by atoms with E-state index in [0.717, 1.165) is 23.4 Å². The largest absolute Gasteiger partial charge is 0.354 e. The Morgan fingerprint density at radius 1 is 1.27 bits per heavy atom. The Labute approximate surface area is 135 Å². The predicted molar refractivity (Wildman–Crippen MR) is 90.9 cm³/mol. The molecule has 5 heteroatoms. The second-order valence-corrected chi connectivity index (χ2v) is 5.71. The fourth-order valence-electron chi connectivity index (χ4n) is 1.84. The highest BCUT2D eigenvalue weighted by Gasteiger charge is 2.09. The van der Waals surface area contributed by atoms with Gasteiger partial charge in [-0.2, -0.15) is 0 Å². The van der Waals surface area contributed by atoms with Crippen molar-refractivity contribution < 1.29 is 4.79 Å². The summed E-state index contributed by atoms with van der Waals surface area (Å²) in [5.74, 6) is -0.153. The van der Waals surface area contributed by atoms with E-state index >= 15 is 0 Å². The van der Waals surface area contributed by atoms with Gasteiger partial charge in [-0.1, -0.05) is 24.6 Å². The van der Waals surface area contributed by atoms with Crippen molar-refractivity contribution in [2.75, 3.05) is 5.32 Å². The molecule has 4 nitrogen and oxygen atoms in total. The zero-order chi connectivity index (χ0) is 16.1. The smallest absolute Gasteiger partial charge is 0.270 e. The Balaban J connectivity index is 2.05. The molecule has 22 heavy (non-hydrogen) atoms. The van der Waals surface area contributed by atoms with Crippen LogP contribution in [0.15, 0.2) is 36.5 Å². The third-order valence-electron chi connectivity index (χ3n) is 3.45. The van der Waals surface area contributed by atoms with E-state index in [9.17, 15) is 4.79 Å². The molecule has 0 bridgehead atoms. The lowest BCUT2D eigenvalue weighted by Gasteiger charge is -2.11. The lowest BCUT2D eigenvalue weighted by molar-refractivity contribution is 0.0934. The Kier molecular flexibility index (Phi) is 5.39. The molecule has 1 heterocycles. The average Bonchev–Trinajstić information content (AvgIpc) is 2.51. The summed E-state index contributed by atoms with van der Waals surface area (Å²) in [5.41, 5.74) is 3.13. The number of hydrogen-bond donors (Lipinski definition) is 2. The van der Waals surface area contributed by atoms with Crippen molar-refractivity contribution in [1.29, 1.82) is 0 Å². The summed E-state index contributed by atoms with van der Waals surface area (Å²) in [4.78, 5) is 16.1. The van der Waals surface area contributed by atoms with Gasteiger partial charge in [0, 0.05) is 16.8 Å². The second kappa shape index (κ2) is 7.27. The van der Waals surface area contributed by atoms with Gasteiger partial charge in [-0.05, 0) is 50.1 Å². The molecular weight excluding hydrogens is 298 g/mol. The van der Waals surface area contributed by atoms with Crippen molar-refractivity contribution >= 4 is 28.9 Å². The first-order chi connectivity index (χ1) is 10.5. The number of aromatic nitrogens is 1. The number of halogens is 1. The zero-order valence-corrected chi connectivity index (χ0v) is 13.7. The molecule has 0 fully saturated rings. The molecule has 0 radical (unpaired) electrons. The van der Waals surface area contributed by atoms with Crippen LogP contribution >= 0.6 is 11.6 Å². The number of pyridine rings is 1.